The zero-order valence-corrected chi connectivity index (χ0v) is 10.1. The molecule has 0 radical (unpaired) electrons. The van der Waals surface area contributed by atoms with Gasteiger partial charge >= 0.3 is 0 Å². The molecule has 4 atom stereocenters. The molecule has 0 aromatic heterocycles. The van der Waals surface area contributed by atoms with E-state index in [1.54, 1.807) is 0 Å². The summed E-state index contributed by atoms with van der Waals surface area (Å²) in [5, 5.41) is 0. The lowest BCUT2D eigenvalue weighted by Gasteiger charge is -2.35. The lowest BCUT2D eigenvalue weighted by atomic mass is 9.96. The van der Waals surface area contributed by atoms with E-state index in [0.29, 0.717) is 17.7 Å². The van der Waals surface area contributed by atoms with Gasteiger partial charge in [0.25, 0.3) is 0 Å². The van der Waals surface area contributed by atoms with E-state index in [2.05, 4.69) is 6.92 Å². The molecule has 0 spiro atoms. The summed E-state index contributed by atoms with van der Waals surface area (Å²) in [6.45, 7) is 3.93. The molecule has 0 aromatic rings. The van der Waals surface area contributed by atoms with Gasteiger partial charge in [-0.2, -0.15) is 0 Å². The number of nitrogens with zero attached hydrogens (tertiary/aromatic N) is 1. The van der Waals surface area contributed by atoms with Gasteiger partial charge < -0.3 is 10.6 Å². The summed E-state index contributed by atoms with van der Waals surface area (Å²) in [6, 6.07) is 0.200. The maximum Gasteiger partial charge on any atom is 0.226 e. The van der Waals surface area contributed by atoms with Gasteiger partial charge in [0.2, 0.25) is 5.91 Å². The minimum atomic E-state index is 0.200. The molecule has 2 aliphatic carbocycles. The maximum atomic E-state index is 12.3. The van der Waals surface area contributed by atoms with E-state index in [0.717, 1.165) is 31.3 Å². The molecular weight excluding hydrogens is 200 g/mol. The fourth-order valence-corrected chi connectivity index (χ4v) is 3.98. The predicted octanol–water partition coefficient (Wildman–Crippen LogP) is 1.23. The topological polar surface area (TPSA) is 46.3 Å². The number of amides is 1. The van der Waals surface area contributed by atoms with Crippen molar-refractivity contribution in [1.29, 1.82) is 0 Å². The lowest BCUT2D eigenvalue weighted by Crippen LogP contribution is -2.49. The summed E-state index contributed by atoms with van der Waals surface area (Å²) in [7, 11) is 0. The van der Waals surface area contributed by atoms with Gasteiger partial charge in [-0.15, -0.1) is 0 Å². The Morgan fingerprint density at radius 3 is 2.56 bits per heavy atom. The fraction of sp³-hybridized carbons (Fsp3) is 0.923. The molecule has 3 fully saturated rings. The first-order valence-corrected chi connectivity index (χ1v) is 6.71. The number of hydrogen-bond acceptors (Lipinski definition) is 2. The van der Waals surface area contributed by atoms with Gasteiger partial charge in [-0.3, -0.25) is 4.79 Å². The highest BCUT2D eigenvalue weighted by Crippen LogP contribution is 2.58. The molecule has 3 nitrogen and oxygen atoms in total. The third-order valence-corrected chi connectivity index (χ3v) is 4.70. The first kappa shape index (κ1) is 10.6. The Morgan fingerprint density at radius 2 is 1.94 bits per heavy atom. The summed E-state index contributed by atoms with van der Waals surface area (Å²) in [5.41, 5.74) is 6.00. The molecule has 1 aliphatic heterocycles. The van der Waals surface area contributed by atoms with E-state index < -0.39 is 0 Å². The van der Waals surface area contributed by atoms with Crippen molar-refractivity contribution in [3.63, 3.8) is 0 Å². The maximum absolute atomic E-state index is 12.3. The van der Waals surface area contributed by atoms with Crippen molar-refractivity contribution in [2.45, 2.75) is 38.6 Å². The first-order chi connectivity index (χ1) is 7.66. The van der Waals surface area contributed by atoms with Crippen LogP contribution in [0.5, 0.6) is 0 Å². The van der Waals surface area contributed by atoms with Crippen LogP contribution in [0, 0.1) is 23.7 Å². The molecule has 1 heterocycles. The number of carbonyl (C=O) groups excluding carboxylic acids is 1. The zero-order valence-electron chi connectivity index (χ0n) is 10.1. The molecule has 3 heteroatoms. The number of nitrogens with two attached hydrogens (primary N) is 1. The largest absolute Gasteiger partial charge is 0.341 e. The summed E-state index contributed by atoms with van der Waals surface area (Å²) in [4.78, 5) is 14.4. The number of rotatable bonds is 1. The second kappa shape index (κ2) is 3.73. The monoisotopic (exact) mass is 222 g/mol. The molecule has 3 aliphatic rings. The molecule has 3 rings (SSSR count). The molecule has 4 unspecified atom stereocenters. The Morgan fingerprint density at radius 1 is 1.25 bits per heavy atom. The van der Waals surface area contributed by atoms with E-state index in [4.69, 9.17) is 5.73 Å². The number of likely N-dealkylation sites (tertiary alicyclic amines) is 1. The molecule has 90 valence electrons. The molecule has 2 N–H and O–H groups in total. The van der Waals surface area contributed by atoms with Crippen LogP contribution in [-0.2, 0) is 4.79 Å². The predicted molar refractivity (Wildman–Crippen MR) is 62.7 cm³/mol. The highest BCUT2D eigenvalue weighted by molar-refractivity contribution is 5.82. The number of fused-ring (bicyclic) bond motifs is 1. The van der Waals surface area contributed by atoms with Crippen molar-refractivity contribution in [1.82, 2.24) is 4.90 Å². The van der Waals surface area contributed by atoms with Gasteiger partial charge in [0.05, 0.1) is 0 Å². The van der Waals surface area contributed by atoms with Crippen molar-refractivity contribution >= 4 is 5.91 Å². The molecule has 0 bridgehead atoms. The van der Waals surface area contributed by atoms with E-state index in [1.165, 1.54) is 19.3 Å². The fourth-order valence-electron chi connectivity index (χ4n) is 3.98. The summed E-state index contributed by atoms with van der Waals surface area (Å²) in [6.07, 6.45) is 4.99. The van der Waals surface area contributed by atoms with Crippen LogP contribution in [0.25, 0.3) is 0 Å². The third-order valence-electron chi connectivity index (χ3n) is 4.70. The van der Waals surface area contributed by atoms with Crippen molar-refractivity contribution in [2.24, 2.45) is 29.4 Å². The Labute approximate surface area is 97.4 Å². The van der Waals surface area contributed by atoms with Crippen molar-refractivity contribution in [3.8, 4) is 0 Å². The van der Waals surface area contributed by atoms with Crippen LogP contribution < -0.4 is 5.73 Å². The summed E-state index contributed by atoms with van der Waals surface area (Å²) < 4.78 is 0. The van der Waals surface area contributed by atoms with E-state index >= 15 is 0 Å². The van der Waals surface area contributed by atoms with Gasteiger partial charge in [0.1, 0.15) is 0 Å². The first-order valence-electron chi connectivity index (χ1n) is 6.71. The zero-order chi connectivity index (χ0) is 11.3. The average molecular weight is 222 g/mol. The van der Waals surface area contributed by atoms with Crippen LogP contribution >= 0.6 is 0 Å². The minimum Gasteiger partial charge on any atom is -0.341 e. The van der Waals surface area contributed by atoms with E-state index in [9.17, 15) is 4.79 Å². The second-order valence-corrected chi connectivity index (χ2v) is 6.13. The van der Waals surface area contributed by atoms with Crippen LogP contribution in [0.4, 0.5) is 0 Å². The Hall–Kier alpha value is -0.570. The van der Waals surface area contributed by atoms with Gasteiger partial charge in [-0.05, 0) is 37.0 Å². The standard InChI is InChI=1S/C13H22N2O/c1-8-5-9(14)7-15(6-8)13(16)12-10-3-2-4-11(10)12/h8-12H,2-7,14H2,1H3. The van der Waals surface area contributed by atoms with Crippen LogP contribution in [0.3, 0.4) is 0 Å². The normalized spacial score (nSPS) is 46.6. The second-order valence-electron chi connectivity index (χ2n) is 6.13. The minimum absolute atomic E-state index is 0.200. The van der Waals surface area contributed by atoms with Gasteiger partial charge in [0, 0.05) is 25.0 Å². The molecule has 2 saturated carbocycles. The van der Waals surface area contributed by atoms with Gasteiger partial charge in [0.15, 0.2) is 0 Å². The Kier molecular flexibility index (Phi) is 2.46. The quantitative estimate of drug-likeness (QED) is 0.725. The number of piperidine rings is 1. The average Bonchev–Trinajstić information content (AvgIpc) is 2.68. The van der Waals surface area contributed by atoms with Crippen LogP contribution in [0.1, 0.15) is 32.6 Å². The molecule has 1 amide bonds. The highest BCUT2D eigenvalue weighted by Gasteiger charge is 2.57. The van der Waals surface area contributed by atoms with Crippen LogP contribution in [0.15, 0.2) is 0 Å². The molecule has 16 heavy (non-hydrogen) atoms. The molecule has 0 aromatic carbocycles. The van der Waals surface area contributed by atoms with Crippen molar-refractivity contribution in [3.05, 3.63) is 0 Å². The highest BCUT2D eigenvalue weighted by atomic mass is 16.2. The summed E-state index contributed by atoms with van der Waals surface area (Å²) in [5.74, 6) is 2.84. The van der Waals surface area contributed by atoms with Crippen LogP contribution in [-0.4, -0.2) is 29.9 Å². The van der Waals surface area contributed by atoms with Crippen molar-refractivity contribution in [2.75, 3.05) is 13.1 Å². The van der Waals surface area contributed by atoms with E-state index in [1.807, 2.05) is 4.90 Å². The van der Waals surface area contributed by atoms with Crippen LogP contribution in [0.2, 0.25) is 0 Å². The smallest absolute Gasteiger partial charge is 0.226 e. The van der Waals surface area contributed by atoms with Gasteiger partial charge in [-0.1, -0.05) is 13.3 Å². The Bertz CT molecular complexity index is 284. The number of hydrogen-bond donors (Lipinski definition) is 1. The summed E-state index contributed by atoms with van der Waals surface area (Å²) >= 11 is 0. The third kappa shape index (κ3) is 1.65. The van der Waals surface area contributed by atoms with E-state index in [-0.39, 0.29) is 6.04 Å². The molecular formula is C13H22N2O. The van der Waals surface area contributed by atoms with Gasteiger partial charge in [-0.25, -0.2) is 0 Å². The lowest BCUT2D eigenvalue weighted by molar-refractivity contribution is -0.135. The SMILES string of the molecule is CC1CC(N)CN(C(=O)C2C3CCCC32)C1. The van der Waals surface area contributed by atoms with Crippen molar-refractivity contribution < 1.29 is 4.79 Å². The number of carbonyl (C=O) groups is 1. The molecule has 1 saturated heterocycles. The Balaban J connectivity index is 1.62.